The van der Waals surface area contributed by atoms with Crippen LogP contribution in [0.2, 0.25) is 0 Å². The fraction of sp³-hybridized carbons (Fsp3) is 1.00. The number of nitrogens with one attached hydrogen (secondary N) is 2. The Bertz CT molecular complexity index is 108. The molecule has 72 valence electrons. The van der Waals surface area contributed by atoms with Gasteiger partial charge in [-0.05, 0) is 57.8 Å². The third-order valence-corrected chi connectivity index (χ3v) is 2.75. The van der Waals surface area contributed by atoms with Crippen molar-refractivity contribution in [3.63, 3.8) is 0 Å². The highest BCUT2D eigenvalue weighted by Crippen LogP contribution is 2.20. The Kier molecular flexibility index (Phi) is 4.62. The molecule has 1 fully saturated rings. The summed E-state index contributed by atoms with van der Waals surface area (Å²) in [5.41, 5.74) is 0. The summed E-state index contributed by atoms with van der Waals surface area (Å²) in [5.74, 6) is 1.83. The van der Waals surface area contributed by atoms with Crippen LogP contribution in [-0.2, 0) is 0 Å². The first-order valence-electron chi connectivity index (χ1n) is 5.18. The average Bonchev–Trinajstić information content (AvgIpc) is 2.06. The first kappa shape index (κ1) is 10.0. The molecule has 0 amide bonds. The van der Waals surface area contributed by atoms with Crippen LogP contribution < -0.4 is 10.6 Å². The zero-order valence-corrected chi connectivity index (χ0v) is 8.40. The lowest BCUT2D eigenvalue weighted by Crippen LogP contribution is -2.29. The van der Waals surface area contributed by atoms with Crippen molar-refractivity contribution >= 4 is 0 Å². The predicted molar refractivity (Wildman–Crippen MR) is 53.3 cm³/mol. The Hall–Kier alpha value is -0.0800. The van der Waals surface area contributed by atoms with E-state index in [2.05, 4.69) is 17.6 Å². The third-order valence-electron chi connectivity index (χ3n) is 2.75. The summed E-state index contributed by atoms with van der Waals surface area (Å²) >= 11 is 0. The number of hydrogen-bond acceptors (Lipinski definition) is 2. The van der Waals surface area contributed by atoms with Crippen molar-refractivity contribution < 1.29 is 0 Å². The molecule has 1 saturated heterocycles. The van der Waals surface area contributed by atoms with Crippen LogP contribution >= 0.6 is 0 Å². The molecular formula is C10H22N2. The van der Waals surface area contributed by atoms with Crippen LogP contribution in [0.3, 0.4) is 0 Å². The van der Waals surface area contributed by atoms with Crippen LogP contribution in [0, 0.1) is 11.8 Å². The smallest absolute Gasteiger partial charge is 0.00261 e. The molecule has 0 aromatic heterocycles. The highest BCUT2D eigenvalue weighted by atomic mass is 14.9. The largest absolute Gasteiger partial charge is 0.319 e. The number of piperidine rings is 1. The molecule has 0 spiro atoms. The van der Waals surface area contributed by atoms with Gasteiger partial charge in [-0.3, -0.25) is 0 Å². The minimum atomic E-state index is 0.845. The molecule has 1 unspecified atom stereocenters. The second kappa shape index (κ2) is 5.55. The van der Waals surface area contributed by atoms with E-state index < -0.39 is 0 Å². The van der Waals surface area contributed by atoms with Crippen molar-refractivity contribution in [3.8, 4) is 0 Å². The molecular weight excluding hydrogens is 148 g/mol. The van der Waals surface area contributed by atoms with E-state index in [0.717, 1.165) is 11.8 Å². The first-order chi connectivity index (χ1) is 5.83. The molecule has 1 aliphatic heterocycles. The Balaban J connectivity index is 2.11. The molecule has 2 nitrogen and oxygen atoms in total. The summed E-state index contributed by atoms with van der Waals surface area (Å²) in [6.45, 7) is 5.98. The normalized spacial score (nSPS) is 22.5. The Morgan fingerprint density at radius 3 is 2.67 bits per heavy atom. The predicted octanol–water partition coefficient (Wildman–Crippen LogP) is 1.23. The first-order valence-corrected chi connectivity index (χ1v) is 5.18. The highest BCUT2D eigenvalue weighted by molar-refractivity contribution is 4.71. The number of hydrogen-bond donors (Lipinski definition) is 2. The third kappa shape index (κ3) is 3.55. The summed E-state index contributed by atoms with van der Waals surface area (Å²) in [4.78, 5) is 0. The minimum absolute atomic E-state index is 0.845. The van der Waals surface area contributed by atoms with Crippen molar-refractivity contribution in [2.45, 2.75) is 26.2 Å². The molecule has 0 saturated carbocycles. The van der Waals surface area contributed by atoms with Gasteiger partial charge in [-0.1, -0.05) is 6.92 Å². The van der Waals surface area contributed by atoms with Gasteiger partial charge in [0.05, 0.1) is 0 Å². The summed E-state index contributed by atoms with van der Waals surface area (Å²) in [7, 11) is 2.04. The molecule has 1 atom stereocenters. The van der Waals surface area contributed by atoms with Gasteiger partial charge in [0.25, 0.3) is 0 Å². The second-order valence-electron chi connectivity index (χ2n) is 4.09. The van der Waals surface area contributed by atoms with Gasteiger partial charge in [-0.25, -0.2) is 0 Å². The van der Waals surface area contributed by atoms with Crippen molar-refractivity contribution in [2.24, 2.45) is 11.8 Å². The van der Waals surface area contributed by atoms with Crippen LogP contribution in [0.15, 0.2) is 0 Å². The topological polar surface area (TPSA) is 24.1 Å². The van der Waals surface area contributed by atoms with E-state index in [1.807, 2.05) is 7.05 Å². The monoisotopic (exact) mass is 170 g/mol. The fourth-order valence-corrected chi connectivity index (χ4v) is 2.12. The molecule has 12 heavy (non-hydrogen) atoms. The standard InChI is InChI=1S/C10H22N2/c1-9(8-11-2)7-10-3-5-12-6-4-10/h9-12H,3-8H2,1-2H3. The molecule has 0 radical (unpaired) electrons. The van der Waals surface area contributed by atoms with Gasteiger partial charge in [-0.2, -0.15) is 0 Å². The van der Waals surface area contributed by atoms with E-state index in [0.29, 0.717) is 0 Å². The minimum Gasteiger partial charge on any atom is -0.319 e. The molecule has 0 bridgehead atoms. The molecule has 1 rings (SSSR count). The van der Waals surface area contributed by atoms with Gasteiger partial charge < -0.3 is 10.6 Å². The molecule has 1 heterocycles. The van der Waals surface area contributed by atoms with Crippen molar-refractivity contribution in [1.82, 2.24) is 10.6 Å². The van der Waals surface area contributed by atoms with Crippen LogP contribution in [0.1, 0.15) is 26.2 Å². The van der Waals surface area contributed by atoms with Crippen LogP contribution in [-0.4, -0.2) is 26.7 Å². The van der Waals surface area contributed by atoms with Gasteiger partial charge in [0.2, 0.25) is 0 Å². The Morgan fingerprint density at radius 2 is 2.08 bits per heavy atom. The zero-order chi connectivity index (χ0) is 8.81. The van der Waals surface area contributed by atoms with E-state index in [-0.39, 0.29) is 0 Å². The quantitative estimate of drug-likeness (QED) is 0.663. The average molecular weight is 170 g/mol. The highest BCUT2D eigenvalue weighted by Gasteiger charge is 2.15. The van der Waals surface area contributed by atoms with Crippen molar-refractivity contribution in [1.29, 1.82) is 0 Å². The van der Waals surface area contributed by atoms with Gasteiger partial charge in [0.15, 0.2) is 0 Å². The van der Waals surface area contributed by atoms with E-state index in [9.17, 15) is 0 Å². The van der Waals surface area contributed by atoms with Gasteiger partial charge in [-0.15, -0.1) is 0 Å². The molecule has 0 aromatic rings. The molecule has 2 N–H and O–H groups in total. The fourth-order valence-electron chi connectivity index (χ4n) is 2.12. The van der Waals surface area contributed by atoms with Crippen LogP contribution in [0.5, 0.6) is 0 Å². The van der Waals surface area contributed by atoms with Gasteiger partial charge in [0.1, 0.15) is 0 Å². The van der Waals surface area contributed by atoms with E-state index in [1.54, 1.807) is 0 Å². The lowest BCUT2D eigenvalue weighted by atomic mass is 9.88. The van der Waals surface area contributed by atoms with E-state index in [4.69, 9.17) is 0 Å². The molecule has 2 heteroatoms. The zero-order valence-electron chi connectivity index (χ0n) is 8.40. The molecule has 1 aliphatic rings. The second-order valence-corrected chi connectivity index (χ2v) is 4.09. The summed E-state index contributed by atoms with van der Waals surface area (Å²) in [6.07, 6.45) is 4.17. The van der Waals surface area contributed by atoms with Crippen molar-refractivity contribution in [3.05, 3.63) is 0 Å². The van der Waals surface area contributed by atoms with Crippen molar-refractivity contribution in [2.75, 3.05) is 26.7 Å². The summed E-state index contributed by atoms with van der Waals surface area (Å²) in [5, 5.41) is 6.65. The SMILES string of the molecule is CNCC(C)CC1CCNCC1. The van der Waals surface area contributed by atoms with Gasteiger partial charge >= 0.3 is 0 Å². The summed E-state index contributed by atoms with van der Waals surface area (Å²) < 4.78 is 0. The van der Waals surface area contributed by atoms with Crippen LogP contribution in [0.25, 0.3) is 0 Å². The van der Waals surface area contributed by atoms with Gasteiger partial charge in [0, 0.05) is 0 Å². The molecule has 0 aliphatic carbocycles. The number of rotatable bonds is 4. The van der Waals surface area contributed by atoms with Crippen LogP contribution in [0.4, 0.5) is 0 Å². The Labute approximate surface area is 76.1 Å². The lowest BCUT2D eigenvalue weighted by Gasteiger charge is -2.25. The Morgan fingerprint density at radius 1 is 1.42 bits per heavy atom. The maximum Gasteiger partial charge on any atom is -0.00261 e. The maximum atomic E-state index is 3.40. The molecule has 0 aromatic carbocycles. The van der Waals surface area contributed by atoms with E-state index >= 15 is 0 Å². The lowest BCUT2D eigenvalue weighted by molar-refractivity contribution is 0.305. The summed E-state index contributed by atoms with van der Waals surface area (Å²) in [6, 6.07) is 0. The maximum absolute atomic E-state index is 3.40. The van der Waals surface area contributed by atoms with E-state index in [1.165, 1.54) is 38.9 Å².